The molecule has 1 atom stereocenters. The Labute approximate surface area is 118 Å². The molecule has 1 unspecified atom stereocenters. The van der Waals surface area contributed by atoms with Crippen LogP contribution in [0.2, 0.25) is 0 Å². The number of nitrogens with one attached hydrogen (secondary N) is 1. The summed E-state index contributed by atoms with van der Waals surface area (Å²) in [7, 11) is 0. The Morgan fingerprint density at radius 3 is 2.30 bits per heavy atom. The summed E-state index contributed by atoms with van der Waals surface area (Å²) in [5, 5.41) is 3.24. The molecule has 3 nitrogen and oxygen atoms in total. The van der Waals surface area contributed by atoms with Crippen LogP contribution in [0.15, 0.2) is 18.3 Å². The zero-order chi connectivity index (χ0) is 15.3. The molecule has 0 aromatic carbocycles. The standard InChI is InChI=1S/C14H22F3N3/c1-5-18-11(4)12-6-7-13(19-8-12)20(10(2)3)9-14(15,16)17/h6-8,10-11,18H,5,9H2,1-4H3. The maximum absolute atomic E-state index is 12.6. The third kappa shape index (κ3) is 5.00. The Hall–Kier alpha value is -1.30. The van der Waals surface area contributed by atoms with Gasteiger partial charge in [-0.2, -0.15) is 13.2 Å². The average molecular weight is 289 g/mol. The normalized spacial score (nSPS) is 13.6. The van der Waals surface area contributed by atoms with Gasteiger partial charge in [0, 0.05) is 18.3 Å². The highest BCUT2D eigenvalue weighted by Gasteiger charge is 2.32. The van der Waals surface area contributed by atoms with E-state index in [-0.39, 0.29) is 12.1 Å². The van der Waals surface area contributed by atoms with E-state index in [9.17, 15) is 13.2 Å². The SMILES string of the molecule is CCNC(C)c1ccc(N(CC(F)(F)F)C(C)C)nc1. The highest BCUT2D eigenvalue weighted by atomic mass is 19.4. The Morgan fingerprint density at radius 1 is 1.25 bits per heavy atom. The number of alkyl halides is 3. The van der Waals surface area contributed by atoms with E-state index >= 15 is 0 Å². The highest BCUT2D eigenvalue weighted by molar-refractivity contribution is 5.41. The van der Waals surface area contributed by atoms with Crippen LogP contribution >= 0.6 is 0 Å². The van der Waals surface area contributed by atoms with Gasteiger partial charge >= 0.3 is 6.18 Å². The van der Waals surface area contributed by atoms with Crippen LogP contribution in [0.5, 0.6) is 0 Å². The largest absolute Gasteiger partial charge is 0.405 e. The third-order valence-corrected chi connectivity index (χ3v) is 3.05. The van der Waals surface area contributed by atoms with Crippen molar-refractivity contribution >= 4 is 5.82 Å². The molecule has 0 saturated carbocycles. The smallest absolute Gasteiger partial charge is 0.345 e. The van der Waals surface area contributed by atoms with Crippen molar-refractivity contribution in [3.63, 3.8) is 0 Å². The molecule has 0 radical (unpaired) electrons. The van der Waals surface area contributed by atoms with Crippen LogP contribution in [0, 0.1) is 0 Å². The van der Waals surface area contributed by atoms with Crippen molar-refractivity contribution in [2.75, 3.05) is 18.0 Å². The van der Waals surface area contributed by atoms with Crippen molar-refractivity contribution in [3.8, 4) is 0 Å². The van der Waals surface area contributed by atoms with Crippen molar-refractivity contribution in [1.82, 2.24) is 10.3 Å². The van der Waals surface area contributed by atoms with Crippen LogP contribution in [0.25, 0.3) is 0 Å². The fourth-order valence-electron chi connectivity index (χ4n) is 1.97. The van der Waals surface area contributed by atoms with Crippen molar-refractivity contribution in [1.29, 1.82) is 0 Å². The maximum Gasteiger partial charge on any atom is 0.405 e. The second-order valence-electron chi connectivity index (χ2n) is 5.07. The molecule has 0 aliphatic rings. The number of anilines is 1. The lowest BCUT2D eigenvalue weighted by atomic mass is 10.1. The second kappa shape index (κ2) is 6.92. The molecule has 1 aromatic rings. The molecule has 1 aromatic heterocycles. The quantitative estimate of drug-likeness (QED) is 0.868. The van der Waals surface area contributed by atoms with E-state index in [2.05, 4.69) is 10.3 Å². The molecule has 1 N–H and O–H groups in total. The molecule has 1 rings (SSSR count). The summed E-state index contributed by atoms with van der Waals surface area (Å²) < 4.78 is 37.7. The first-order valence-electron chi connectivity index (χ1n) is 6.77. The Bertz CT molecular complexity index is 401. The average Bonchev–Trinajstić information content (AvgIpc) is 2.35. The number of pyridine rings is 1. The Kier molecular flexibility index (Phi) is 5.80. The molecule has 0 spiro atoms. The molecule has 114 valence electrons. The zero-order valence-corrected chi connectivity index (χ0v) is 12.3. The highest BCUT2D eigenvalue weighted by Crippen LogP contribution is 2.23. The maximum atomic E-state index is 12.6. The van der Waals surface area contributed by atoms with Gasteiger partial charge in [0.2, 0.25) is 0 Å². The van der Waals surface area contributed by atoms with Crippen molar-refractivity contribution in [3.05, 3.63) is 23.9 Å². The lowest BCUT2D eigenvalue weighted by Gasteiger charge is -2.29. The summed E-state index contributed by atoms with van der Waals surface area (Å²) in [6.45, 7) is 7.29. The van der Waals surface area contributed by atoms with Crippen LogP contribution in [0.1, 0.15) is 39.3 Å². The molecule has 0 fully saturated rings. The van der Waals surface area contributed by atoms with E-state index in [4.69, 9.17) is 0 Å². The van der Waals surface area contributed by atoms with Crippen molar-refractivity contribution in [2.45, 2.75) is 46.0 Å². The Morgan fingerprint density at radius 2 is 1.90 bits per heavy atom. The summed E-state index contributed by atoms with van der Waals surface area (Å²) in [5.41, 5.74) is 0.964. The first kappa shape index (κ1) is 16.8. The minimum Gasteiger partial charge on any atom is -0.345 e. The molecular formula is C14H22F3N3. The van der Waals surface area contributed by atoms with Gasteiger partial charge in [0.15, 0.2) is 0 Å². The van der Waals surface area contributed by atoms with E-state index in [1.165, 1.54) is 4.90 Å². The molecule has 0 aliphatic heterocycles. The molecule has 0 amide bonds. The third-order valence-electron chi connectivity index (χ3n) is 3.05. The minimum atomic E-state index is -4.23. The van der Waals surface area contributed by atoms with Crippen LogP contribution in [0.3, 0.4) is 0 Å². The van der Waals surface area contributed by atoms with Crippen molar-refractivity contribution in [2.24, 2.45) is 0 Å². The topological polar surface area (TPSA) is 28.2 Å². The fraction of sp³-hybridized carbons (Fsp3) is 0.643. The second-order valence-corrected chi connectivity index (χ2v) is 5.07. The number of hydrogen-bond donors (Lipinski definition) is 1. The molecule has 0 bridgehead atoms. The first-order valence-corrected chi connectivity index (χ1v) is 6.77. The van der Waals surface area contributed by atoms with E-state index in [0.717, 1.165) is 12.1 Å². The van der Waals surface area contributed by atoms with Crippen LogP contribution in [-0.2, 0) is 0 Å². The van der Waals surface area contributed by atoms with E-state index in [0.29, 0.717) is 5.82 Å². The number of nitrogens with zero attached hydrogens (tertiary/aromatic N) is 2. The van der Waals surface area contributed by atoms with Crippen LogP contribution in [-0.4, -0.2) is 30.3 Å². The van der Waals surface area contributed by atoms with Gasteiger partial charge in [0.25, 0.3) is 0 Å². The zero-order valence-electron chi connectivity index (χ0n) is 12.3. The predicted octanol–water partition coefficient (Wildman–Crippen LogP) is 3.53. The summed E-state index contributed by atoms with van der Waals surface area (Å²) in [6, 6.07) is 3.34. The fourth-order valence-corrected chi connectivity index (χ4v) is 1.97. The van der Waals surface area contributed by atoms with Crippen molar-refractivity contribution < 1.29 is 13.2 Å². The predicted molar refractivity (Wildman–Crippen MR) is 74.9 cm³/mol. The molecule has 6 heteroatoms. The van der Waals surface area contributed by atoms with Gasteiger partial charge in [-0.05, 0) is 38.9 Å². The summed E-state index contributed by atoms with van der Waals surface area (Å²) >= 11 is 0. The summed E-state index contributed by atoms with van der Waals surface area (Å²) in [6.07, 6.45) is -2.60. The van der Waals surface area contributed by atoms with Gasteiger partial charge < -0.3 is 10.2 Å². The Balaban J connectivity index is 2.88. The van der Waals surface area contributed by atoms with E-state index in [1.54, 1.807) is 26.1 Å². The van der Waals surface area contributed by atoms with Gasteiger partial charge in [-0.15, -0.1) is 0 Å². The lowest BCUT2D eigenvalue weighted by molar-refractivity contribution is -0.120. The van der Waals surface area contributed by atoms with Gasteiger partial charge in [-0.3, -0.25) is 0 Å². The molecule has 1 heterocycles. The number of halogens is 3. The number of hydrogen-bond acceptors (Lipinski definition) is 3. The summed E-state index contributed by atoms with van der Waals surface area (Å²) in [5.74, 6) is 0.352. The lowest BCUT2D eigenvalue weighted by Crippen LogP contribution is -2.39. The molecule has 0 saturated heterocycles. The molecule has 20 heavy (non-hydrogen) atoms. The van der Waals surface area contributed by atoms with Gasteiger partial charge in [0.1, 0.15) is 12.4 Å². The van der Waals surface area contributed by atoms with Crippen LogP contribution < -0.4 is 10.2 Å². The van der Waals surface area contributed by atoms with Crippen LogP contribution in [0.4, 0.5) is 19.0 Å². The molecule has 0 aliphatic carbocycles. The number of aromatic nitrogens is 1. The van der Waals surface area contributed by atoms with E-state index in [1.807, 2.05) is 19.9 Å². The van der Waals surface area contributed by atoms with Gasteiger partial charge in [-0.25, -0.2) is 4.98 Å². The number of rotatable bonds is 6. The summed E-state index contributed by atoms with van der Waals surface area (Å²) in [4.78, 5) is 5.43. The van der Waals surface area contributed by atoms with Gasteiger partial charge in [0.05, 0.1) is 0 Å². The molecular weight excluding hydrogens is 267 g/mol. The van der Waals surface area contributed by atoms with Gasteiger partial charge in [-0.1, -0.05) is 13.0 Å². The minimum absolute atomic E-state index is 0.136. The van der Waals surface area contributed by atoms with E-state index < -0.39 is 12.7 Å². The first-order chi connectivity index (χ1) is 9.24. The monoisotopic (exact) mass is 289 g/mol.